The van der Waals surface area contributed by atoms with Crippen LogP contribution < -0.4 is 10.6 Å². The summed E-state index contributed by atoms with van der Waals surface area (Å²) in [5.74, 6) is -0.0843. The lowest BCUT2D eigenvalue weighted by Gasteiger charge is -2.26. The summed E-state index contributed by atoms with van der Waals surface area (Å²) in [5, 5.41) is 6.00. The number of halogens is 2. The Kier molecular flexibility index (Phi) is 8.95. The number of rotatable bonds is 4. The molecule has 1 aromatic rings. The highest BCUT2D eigenvalue weighted by atomic mass is 35.5. The Morgan fingerprint density at radius 2 is 1.73 bits per heavy atom. The predicted octanol–water partition coefficient (Wildman–Crippen LogP) is 0.777. The number of hydrogen-bond acceptors (Lipinski definition) is 5. The molecule has 1 saturated heterocycles. The molecule has 1 aliphatic rings. The van der Waals surface area contributed by atoms with Gasteiger partial charge in [0.25, 0.3) is 0 Å². The molecule has 1 heterocycles. The van der Waals surface area contributed by atoms with Crippen molar-refractivity contribution in [3.05, 3.63) is 24.3 Å². The fraction of sp³-hybridized carbons (Fsp3) is 0.462. The van der Waals surface area contributed by atoms with Gasteiger partial charge >= 0.3 is 0 Å². The maximum atomic E-state index is 11.9. The first kappa shape index (κ1) is 21.1. The highest BCUT2D eigenvalue weighted by molar-refractivity contribution is 7.90. The maximum Gasteiger partial charge on any atom is 0.238 e. The zero-order valence-corrected chi connectivity index (χ0v) is 14.7. The summed E-state index contributed by atoms with van der Waals surface area (Å²) in [5.41, 5.74) is 0.609. The SMILES string of the molecule is CS(=O)(=O)c1ccc(NC(=O)CN2CCNCC2)cc1.Cl.Cl. The second kappa shape index (κ2) is 9.32. The van der Waals surface area contributed by atoms with Crippen molar-refractivity contribution in [2.75, 3.05) is 44.3 Å². The summed E-state index contributed by atoms with van der Waals surface area (Å²) >= 11 is 0. The monoisotopic (exact) mass is 369 g/mol. The lowest BCUT2D eigenvalue weighted by Crippen LogP contribution is -2.46. The predicted molar refractivity (Wildman–Crippen MR) is 92.0 cm³/mol. The van der Waals surface area contributed by atoms with Crippen molar-refractivity contribution in [3.8, 4) is 0 Å². The minimum atomic E-state index is -3.20. The first-order valence-electron chi connectivity index (χ1n) is 6.48. The van der Waals surface area contributed by atoms with Gasteiger partial charge < -0.3 is 10.6 Å². The van der Waals surface area contributed by atoms with E-state index in [0.29, 0.717) is 12.2 Å². The van der Waals surface area contributed by atoms with Crippen LogP contribution in [0.5, 0.6) is 0 Å². The normalized spacial score (nSPS) is 15.3. The van der Waals surface area contributed by atoms with E-state index in [1.54, 1.807) is 12.1 Å². The van der Waals surface area contributed by atoms with E-state index in [0.717, 1.165) is 32.4 Å². The van der Waals surface area contributed by atoms with Crippen molar-refractivity contribution in [1.29, 1.82) is 0 Å². The molecule has 2 rings (SSSR count). The maximum absolute atomic E-state index is 11.9. The number of nitrogens with zero attached hydrogens (tertiary/aromatic N) is 1. The number of piperazine rings is 1. The molecule has 1 aromatic carbocycles. The Labute approximate surface area is 143 Å². The first-order valence-corrected chi connectivity index (χ1v) is 8.37. The van der Waals surface area contributed by atoms with E-state index in [9.17, 15) is 13.2 Å². The Morgan fingerprint density at radius 1 is 1.18 bits per heavy atom. The molecule has 1 amide bonds. The zero-order chi connectivity index (χ0) is 14.6. The molecule has 0 spiro atoms. The van der Waals surface area contributed by atoms with E-state index >= 15 is 0 Å². The molecule has 0 saturated carbocycles. The molecule has 9 heteroatoms. The fourth-order valence-electron chi connectivity index (χ4n) is 2.06. The van der Waals surface area contributed by atoms with Crippen LogP contribution in [0, 0.1) is 0 Å². The van der Waals surface area contributed by atoms with Gasteiger partial charge in [-0.05, 0) is 24.3 Å². The third kappa shape index (κ3) is 6.50. The summed E-state index contributed by atoms with van der Waals surface area (Å²) in [6.45, 7) is 3.88. The number of amides is 1. The number of benzene rings is 1. The summed E-state index contributed by atoms with van der Waals surface area (Å²) in [6, 6.07) is 6.20. The van der Waals surface area contributed by atoms with Gasteiger partial charge in [0.15, 0.2) is 9.84 Å². The smallest absolute Gasteiger partial charge is 0.238 e. The van der Waals surface area contributed by atoms with Crippen molar-refractivity contribution in [1.82, 2.24) is 10.2 Å². The Bertz CT molecular complexity index is 573. The van der Waals surface area contributed by atoms with Crippen LogP contribution in [0.2, 0.25) is 0 Å². The second-order valence-corrected chi connectivity index (χ2v) is 6.89. The molecule has 22 heavy (non-hydrogen) atoms. The molecule has 6 nitrogen and oxygen atoms in total. The number of carbonyl (C=O) groups is 1. The molecule has 1 fully saturated rings. The molecular weight excluding hydrogens is 349 g/mol. The van der Waals surface area contributed by atoms with Gasteiger partial charge in [0, 0.05) is 38.1 Å². The van der Waals surface area contributed by atoms with Crippen LogP contribution in [0.4, 0.5) is 5.69 Å². The third-order valence-electron chi connectivity index (χ3n) is 3.14. The van der Waals surface area contributed by atoms with E-state index in [1.807, 2.05) is 0 Å². The lowest BCUT2D eigenvalue weighted by atomic mass is 10.3. The van der Waals surface area contributed by atoms with Gasteiger partial charge in [-0.3, -0.25) is 9.69 Å². The van der Waals surface area contributed by atoms with Crippen molar-refractivity contribution in [2.45, 2.75) is 4.90 Å². The average Bonchev–Trinajstić information content (AvgIpc) is 2.39. The molecule has 0 atom stereocenters. The van der Waals surface area contributed by atoms with E-state index in [-0.39, 0.29) is 35.6 Å². The average molecular weight is 370 g/mol. The van der Waals surface area contributed by atoms with Crippen LogP contribution in [0.1, 0.15) is 0 Å². The van der Waals surface area contributed by atoms with Gasteiger partial charge in [0.1, 0.15) is 0 Å². The van der Waals surface area contributed by atoms with E-state index < -0.39 is 9.84 Å². The van der Waals surface area contributed by atoms with Gasteiger partial charge in [-0.2, -0.15) is 0 Å². The third-order valence-corrected chi connectivity index (χ3v) is 4.27. The summed E-state index contributed by atoms with van der Waals surface area (Å²) in [4.78, 5) is 14.2. The lowest BCUT2D eigenvalue weighted by molar-refractivity contribution is -0.117. The fourth-order valence-corrected chi connectivity index (χ4v) is 2.69. The van der Waals surface area contributed by atoms with Gasteiger partial charge in [-0.1, -0.05) is 0 Å². The minimum Gasteiger partial charge on any atom is -0.325 e. The zero-order valence-electron chi connectivity index (χ0n) is 12.2. The largest absolute Gasteiger partial charge is 0.325 e. The Hall–Kier alpha value is -0.860. The molecule has 0 aromatic heterocycles. The quantitative estimate of drug-likeness (QED) is 0.819. The van der Waals surface area contributed by atoms with Gasteiger partial charge in [0.2, 0.25) is 5.91 Å². The van der Waals surface area contributed by atoms with Gasteiger partial charge in [-0.25, -0.2) is 8.42 Å². The van der Waals surface area contributed by atoms with Crippen molar-refractivity contribution in [2.24, 2.45) is 0 Å². The van der Waals surface area contributed by atoms with Crippen LogP contribution in [-0.4, -0.2) is 58.2 Å². The molecule has 126 valence electrons. The highest BCUT2D eigenvalue weighted by Crippen LogP contribution is 2.13. The first-order chi connectivity index (χ1) is 9.45. The number of sulfone groups is 1. The number of carbonyl (C=O) groups excluding carboxylic acids is 1. The van der Waals surface area contributed by atoms with Crippen LogP contribution >= 0.6 is 24.8 Å². The molecule has 2 N–H and O–H groups in total. The topological polar surface area (TPSA) is 78.5 Å². The number of nitrogens with one attached hydrogen (secondary N) is 2. The standard InChI is InChI=1S/C13H19N3O3S.2ClH/c1-20(18,19)12-4-2-11(3-5-12)15-13(17)10-16-8-6-14-7-9-16;;/h2-5,14H,6-10H2,1H3,(H,15,17);2*1H. The van der Waals surface area contributed by atoms with Crippen LogP contribution in [0.15, 0.2) is 29.2 Å². The summed E-state index contributed by atoms with van der Waals surface area (Å²) in [6.07, 6.45) is 1.16. The number of anilines is 1. The Balaban J connectivity index is 0.00000220. The summed E-state index contributed by atoms with van der Waals surface area (Å²) < 4.78 is 22.7. The molecule has 0 radical (unpaired) electrons. The van der Waals surface area contributed by atoms with Crippen LogP contribution in [0.3, 0.4) is 0 Å². The minimum absolute atomic E-state index is 0. The highest BCUT2D eigenvalue weighted by Gasteiger charge is 2.13. The molecular formula is C13H21Cl2N3O3S. The molecule has 0 unspecified atom stereocenters. The second-order valence-electron chi connectivity index (χ2n) is 4.87. The van der Waals surface area contributed by atoms with Crippen LogP contribution in [-0.2, 0) is 14.6 Å². The van der Waals surface area contributed by atoms with Crippen LogP contribution in [0.25, 0.3) is 0 Å². The molecule has 0 aliphatic carbocycles. The van der Waals surface area contributed by atoms with E-state index in [2.05, 4.69) is 15.5 Å². The van der Waals surface area contributed by atoms with E-state index in [4.69, 9.17) is 0 Å². The van der Waals surface area contributed by atoms with Gasteiger partial charge in [-0.15, -0.1) is 24.8 Å². The Morgan fingerprint density at radius 3 is 2.23 bits per heavy atom. The van der Waals surface area contributed by atoms with E-state index in [1.165, 1.54) is 12.1 Å². The molecule has 0 bridgehead atoms. The van der Waals surface area contributed by atoms with Crippen molar-refractivity contribution < 1.29 is 13.2 Å². The van der Waals surface area contributed by atoms with Gasteiger partial charge in [0.05, 0.1) is 11.4 Å². The summed E-state index contributed by atoms with van der Waals surface area (Å²) in [7, 11) is -3.20. The van der Waals surface area contributed by atoms with Crippen molar-refractivity contribution >= 4 is 46.2 Å². The van der Waals surface area contributed by atoms with Crippen molar-refractivity contribution in [3.63, 3.8) is 0 Å². The molecule has 1 aliphatic heterocycles. The number of hydrogen-bond donors (Lipinski definition) is 2.